The molecule has 82 valence electrons. The summed E-state index contributed by atoms with van der Waals surface area (Å²) in [5.74, 6) is -0.466. The van der Waals surface area contributed by atoms with Crippen LogP contribution in [-0.2, 0) is 0 Å². The van der Waals surface area contributed by atoms with Crippen molar-refractivity contribution in [3.05, 3.63) is 23.0 Å². The number of nitrogens with zero attached hydrogens (tertiary/aromatic N) is 1. The van der Waals surface area contributed by atoms with Gasteiger partial charge in [-0.25, -0.2) is 4.39 Å². The van der Waals surface area contributed by atoms with Gasteiger partial charge in [0, 0.05) is 32.2 Å². The predicted molar refractivity (Wildman–Crippen MR) is 58.2 cm³/mol. The Labute approximate surface area is 92.5 Å². The molecular formula is C10H12ClFN2O. The van der Waals surface area contributed by atoms with Crippen LogP contribution >= 0.6 is 11.6 Å². The summed E-state index contributed by atoms with van der Waals surface area (Å²) < 4.78 is 13.6. The Hall–Kier alpha value is -1.00. The van der Waals surface area contributed by atoms with Crippen molar-refractivity contribution in [2.45, 2.75) is 0 Å². The number of piperazine rings is 1. The number of hydrogen-bond donors (Lipinski definition) is 2. The second-order valence-corrected chi connectivity index (χ2v) is 3.90. The van der Waals surface area contributed by atoms with Crippen LogP contribution in [0, 0.1) is 5.82 Å². The van der Waals surface area contributed by atoms with Crippen LogP contribution in [-0.4, -0.2) is 31.3 Å². The second-order valence-electron chi connectivity index (χ2n) is 3.49. The average Bonchev–Trinajstić information content (AvgIpc) is 2.25. The van der Waals surface area contributed by atoms with E-state index in [9.17, 15) is 9.50 Å². The molecule has 0 saturated carbocycles. The zero-order valence-corrected chi connectivity index (χ0v) is 8.89. The third-order valence-electron chi connectivity index (χ3n) is 2.47. The molecule has 1 aliphatic heterocycles. The molecule has 0 radical (unpaired) electrons. The van der Waals surface area contributed by atoms with Crippen LogP contribution in [0.3, 0.4) is 0 Å². The summed E-state index contributed by atoms with van der Waals surface area (Å²) in [6.45, 7) is 3.11. The lowest BCUT2D eigenvalue weighted by atomic mass is 10.2. The molecule has 1 saturated heterocycles. The van der Waals surface area contributed by atoms with Crippen LogP contribution in [0.1, 0.15) is 0 Å². The smallest absolute Gasteiger partial charge is 0.148 e. The number of aromatic hydroxyl groups is 1. The van der Waals surface area contributed by atoms with Gasteiger partial charge in [-0.3, -0.25) is 0 Å². The summed E-state index contributed by atoms with van der Waals surface area (Å²) in [5, 5.41) is 12.6. The Morgan fingerprint density at radius 2 is 2.00 bits per heavy atom. The third kappa shape index (κ3) is 2.16. The summed E-state index contributed by atoms with van der Waals surface area (Å²) >= 11 is 5.60. The molecule has 5 heteroatoms. The first kappa shape index (κ1) is 10.5. The lowest BCUT2D eigenvalue weighted by molar-refractivity contribution is 0.472. The normalized spacial score (nSPS) is 16.8. The molecule has 1 heterocycles. The van der Waals surface area contributed by atoms with Gasteiger partial charge in [0.25, 0.3) is 0 Å². The van der Waals surface area contributed by atoms with Crippen molar-refractivity contribution in [3.63, 3.8) is 0 Å². The minimum atomic E-state index is -0.389. The van der Waals surface area contributed by atoms with Crippen LogP contribution < -0.4 is 10.2 Å². The fourth-order valence-corrected chi connectivity index (χ4v) is 1.82. The fourth-order valence-electron chi connectivity index (χ4n) is 1.67. The van der Waals surface area contributed by atoms with Gasteiger partial charge in [-0.2, -0.15) is 0 Å². The lowest BCUT2D eigenvalue weighted by Crippen LogP contribution is -2.43. The van der Waals surface area contributed by atoms with Crippen LogP contribution in [0.2, 0.25) is 5.02 Å². The second kappa shape index (κ2) is 4.24. The summed E-state index contributed by atoms with van der Waals surface area (Å²) in [6, 6.07) is 2.53. The number of rotatable bonds is 1. The Morgan fingerprint density at radius 1 is 1.33 bits per heavy atom. The van der Waals surface area contributed by atoms with Gasteiger partial charge in [-0.05, 0) is 6.07 Å². The van der Waals surface area contributed by atoms with Gasteiger partial charge in [0.05, 0.1) is 10.7 Å². The highest BCUT2D eigenvalue weighted by Gasteiger charge is 2.16. The van der Waals surface area contributed by atoms with Gasteiger partial charge in [0.1, 0.15) is 11.6 Å². The molecule has 2 N–H and O–H groups in total. The van der Waals surface area contributed by atoms with Gasteiger partial charge in [-0.1, -0.05) is 11.6 Å². The molecule has 1 fully saturated rings. The first-order valence-corrected chi connectivity index (χ1v) is 5.20. The summed E-state index contributed by atoms with van der Waals surface area (Å²) in [4.78, 5) is 1.89. The monoisotopic (exact) mass is 230 g/mol. The molecule has 0 aliphatic carbocycles. The number of anilines is 1. The predicted octanol–water partition coefficient (Wildman–Crippen LogP) is 1.59. The highest BCUT2D eigenvalue weighted by Crippen LogP contribution is 2.31. The van der Waals surface area contributed by atoms with Gasteiger partial charge < -0.3 is 15.3 Å². The Balaban J connectivity index is 2.30. The van der Waals surface area contributed by atoms with Crippen LogP contribution in [0.5, 0.6) is 5.75 Å². The van der Waals surface area contributed by atoms with Gasteiger partial charge >= 0.3 is 0 Å². The highest BCUT2D eigenvalue weighted by molar-refractivity contribution is 6.32. The van der Waals surface area contributed by atoms with Crippen molar-refractivity contribution < 1.29 is 9.50 Å². The number of nitrogens with one attached hydrogen (secondary N) is 1. The first-order chi connectivity index (χ1) is 7.18. The third-order valence-corrected chi connectivity index (χ3v) is 2.78. The van der Waals surface area contributed by atoms with Gasteiger partial charge in [-0.15, -0.1) is 0 Å². The molecule has 0 bridgehead atoms. The van der Waals surface area contributed by atoms with E-state index >= 15 is 0 Å². The van der Waals surface area contributed by atoms with E-state index in [0.717, 1.165) is 32.2 Å². The van der Waals surface area contributed by atoms with Crippen molar-refractivity contribution in [1.82, 2.24) is 5.32 Å². The van der Waals surface area contributed by atoms with Crippen LogP contribution in [0.25, 0.3) is 0 Å². The zero-order chi connectivity index (χ0) is 10.8. The van der Waals surface area contributed by atoms with Crippen LogP contribution in [0.4, 0.5) is 10.1 Å². The van der Waals surface area contributed by atoms with Crippen molar-refractivity contribution >= 4 is 17.3 Å². The Bertz CT molecular complexity index is 367. The van der Waals surface area contributed by atoms with E-state index < -0.39 is 0 Å². The van der Waals surface area contributed by atoms with E-state index in [1.807, 2.05) is 4.90 Å². The first-order valence-electron chi connectivity index (χ1n) is 4.82. The molecule has 1 aromatic carbocycles. The SMILES string of the molecule is Oc1cc(N2CCNCC2)c(F)cc1Cl. The average molecular weight is 231 g/mol. The number of phenolic OH excluding ortho intramolecular Hbond substituents is 1. The quantitative estimate of drug-likeness (QED) is 0.769. The topological polar surface area (TPSA) is 35.5 Å². The molecule has 0 aromatic heterocycles. The number of benzene rings is 1. The van der Waals surface area contributed by atoms with Crippen molar-refractivity contribution in [3.8, 4) is 5.75 Å². The summed E-state index contributed by atoms with van der Waals surface area (Å²) in [6.07, 6.45) is 0. The molecule has 0 unspecified atom stereocenters. The maximum Gasteiger partial charge on any atom is 0.148 e. The largest absolute Gasteiger partial charge is 0.506 e. The van der Waals surface area contributed by atoms with E-state index in [1.165, 1.54) is 6.07 Å². The molecule has 1 aromatic rings. The van der Waals surface area contributed by atoms with E-state index in [0.29, 0.717) is 5.69 Å². The fraction of sp³-hybridized carbons (Fsp3) is 0.400. The molecular weight excluding hydrogens is 219 g/mol. The van der Waals surface area contributed by atoms with Gasteiger partial charge in [0.2, 0.25) is 0 Å². The van der Waals surface area contributed by atoms with Crippen LogP contribution in [0.15, 0.2) is 12.1 Å². The van der Waals surface area contributed by atoms with Crippen molar-refractivity contribution in [2.75, 3.05) is 31.1 Å². The maximum absolute atomic E-state index is 13.6. The lowest BCUT2D eigenvalue weighted by Gasteiger charge is -2.29. The molecule has 3 nitrogen and oxygen atoms in total. The Kier molecular flexibility index (Phi) is 2.98. The summed E-state index contributed by atoms with van der Waals surface area (Å²) in [7, 11) is 0. The highest BCUT2D eigenvalue weighted by atomic mass is 35.5. The van der Waals surface area contributed by atoms with Crippen molar-refractivity contribution in [1.29, 1.82) is 0 Å². The van der Waals surface area contributed by atoms with E-state index in [-0.39, 0.29) is 16.6 Å². The van der Waals surface area contributed by atoms with E-state index in [2.05, 4.69) is 5.32 Å². The number of phenols is 1. The molecule has 0 amide bonds. The molecule has 0 atom stereocenters. The summed E-state index contributed by atoms with van der Waals surface area (Å²) in [5.41, 5.74) is 0.415. The maximum atomic E-state index is 13.6. The number of halogens is 2. The van der Waals surface area contributed by atoms with E-state index in [4.69, 9.17) is 11.6 Å². The molecule has 15 heavy (non-hydrogen) atoms. The van der Waals surface area contributed by atoms with Gasteiger partial charge in [0.15, 0.2) is 0 Å². The zero-order valence-electron chi connectivity index (χ0n) is 8.13. The van der Waals surface area contributed by atoms with Crippen molar-refractivity contribution in [2.24, 2.45) is 0 Å². The Morgan fingerprint density at radius 3 is 2.67 bits per heavy atom. The molecule has 0 spiro atoms. The van der Waals surface area contributed by atoms with E-state index in [1.54, 1.807) is 0 Å². The standard InChI is InChI=1S/C10H12ClFN2O/c11-7-5-8(12)9(6-10(7)15)14-3-1-13-2-4-14/h5-6,13,15H,1-4H2. The number of hydrogen-bond acceptors (Lipinski definition) is 3. The molecule has 2 rings (SSSR count). The minimum Gasteiger partial charge on any atom is -0.506 e. The minimum absolute atomic E-state index is 0.0476. The molecule has 1 aliphatic rings.